The van der Waals surface area contributed by atoms with E-state index >= 15 is 0 Å². The number of alkyl halides is 3. The highest BCUT2D eigenvalue weighted by molar-refractivity contribution is 5.47. The molecular formula is C10H9F3N6. The molecule has 0 amide bonds. The van der Waals surface area contributed by atoms with Crippen LogP contribution in [-0.4, -0.2) is 30.1 Å². The van der Waals surface area contributed by atoms with Crippen molar-refractivity contribution >= 4 is 11.8 Å². The molecule has 0 bridgehead atoms. The summed E-state index contributed by atoms with van der Waals surface area (Å²) in [5.41, 5.74) is -1.14. The second-order valence-electron chi connectivity index (χ2n) is 3.36. The van der Waals surface area contributed by atoms with E-state index in [2.05, 4.69) is 15.3 Å². The van der Waals surface area contributed by atoms with E-state index in [0.717, 1.165) is 4.90 Å². The highest BCUT2D eigenvalue weighted by Crippen LogP contribution is 2.30. The maximum Gasteiger partial charge on any atom is 0.433 e. The first-order valence-corrected chi connectivity index (χ1v) is 5.05. The second-order valence-corrected chi connectivity index (χ2v) is 3.36. The Morgan fingerprint density at radius 1 is 1.26 bits per heavy atom. The van der Waals surface area contributed by atoms with Crippen LogP contribution in [0.4, 0.5) is 24.9 Å². The average molecular weight is 270 g/mol. The third-order valence-corrected chi connectivity index (χ3v) is 2.07. The van der Waals surface area contributed by atoms with Crippen molar-refractivity contribution in [1.29, 1.82) is 10.5 Å². The highest BCUT2D eigenvalue weighted by atomic mass is 19.4. The van der Waals surface area contributed by atoms with Gasteiger partial charge in [0.05, 0.1) is 12.1 Å². The van der Waals surface area contributed by atoms with Crippen LogP contribution in [0.5, 0.6) is 0 Å². The Labute approximate surface area is 107 Å². The third-order valence-electron chi connectivity index (χ3n) is 2.07. The van der Waals surface area contributed by atoms with Crippen LogP contribution in [0.2, 0.25) is 0 Å². The van der Waals surface area contributed by atoms with Crippen LogP contribution >= 0.6 is 0 Å². The molecule has 0 saturated carbocycles. The molecule has 0 atom stereocenters. The Morgan fingerprint density at radius 3 is 2.26 bits per heavy atom. The molecule has 1 N–H and O–H groups in total. The topological polar surface area (TPSA) is 88.6 Å². The molecule has 0 saturated heterocycles. The molecule has 9 heteroatoms. The standard InChI is InChI=1S/C10H9F3N6/c1-16-9-17-7(10(11,12)13)6-8(18-9)19(4-2-14)5-3-15/h6H,4-5H2,1H3,(H,16,17,18). The summed E-state index contributed by atoms with van der Waals surface area (Å²) in [5.74, 6) is -0.361. The minimum absolute atomic E-state index is 0.130. The van der Waals surface area contributed by atoms with Crippen LogP contribution in [0.15, 0.2) is 6.07 Å². The van der Waals surface area contributed by atoms with Gasteiger partial charge in [0.1, 0.15) is 18.9 Å². The Morgan fingerprint density at radius 2 is 1.84 bits per heavy atom. The van der Waals surface area contributed by atoms with Crippen LogP contribution in [-0.2, 0) is 6.18 Å². The molecule has 100 valence electrons. The smallest absolute Gasteiger partial charge is 0.357 e. The summed E-state index contributed by atoms with van der Waals surface area (Å²) < 4.78 is 38.0. The van der Waals surface area contributed by atoms with Crippen molar-refractivity contribution in [2.45, 2.75) is 6.18 Å². The van der Waals surface area contributed by atoms with Crippen LogP contribution in [0, 0.1) is 22.7 Å². The minimum Gasteiger partial charge on any atom is -0.357 e. The van der Waals surface area contributed by atoms with E-state index in [4.69, 9.17) is 10.5 Å². The van der Waals surface area contributed by atoms with Crippen molar-refractivity contribution in [1.82, 2.24) is 9.97 Å². The molecule has 19 heavy (non-hydrogen) atoms. The van der Waals surface area contributed by atoms with Crippen molar-refractivity contribution in [2.24, 2.45) is 0 Å². The Balaban J connectivity index is 3.26. The summed E-state index contributed by atoms with van der Waals surface area (Å²) in [7, 11) is 1.37. The zero-order valence-corrected chi connectivity index (χ0v) is 9.86. The molecule has 6 nitrogen and oxygen atoms in total. The molecule has 0 aliphatic carbocycles. The summed E-state index contributed by atoms with van der Waals surface area (Å²) in [4.78, 5) is 8.21. The SMILES string of the molecule is CNc1nc(N(CC#N)CC#N)cc(C(F)(F)F)n1. The quantitative estimate of drug-likeness (QED) is 0.832. The van der Waals surface area contributed by atoms with Crippen LogP contribution < -0.4 is 10.2 Å². The third kappa shape index (κ3) is 3.71. The van der Waals surface area contributed by atoms with Gasteiger partial charge < -0.3 is 10.2 Å². The summed E-state index contributed by atoms with van der Waals surface area (Å²) in [5, 5.41) is 19.6. The molecule has 1 aromatic rings. The van der Waals surface area contributed by atoms with E-state index in [1.165, 1.54) is 7.05 Å². The molecule has 1 rings (SSSR count). The van der Waals surface area contributed by atoms with E-state index in [0.29, 0.717) is 6.07 Å². The number of hydrogen-bond acceptors (Lipinski definition) is 6. The molecule has 1 aromatic heterocycles. The van der Waals surface area contributed by atoms with Gasteiger partial charge >= 0.3 is 6.18 Å². The van der Waals surface area contributed by atoms with Crippen molar-refractivity contribution < 1.29 is 13.2 Å². The molecule has 0 aliphatic rings. The first-order valence-electron chi connectivity index (χ1n) is 5.05. The van der Waals surface area contributed by atoms with E-state index < -0.39 is 11.9 Å². The van der Waals surface area contributed by atoms with Crippen molar-refractivity contribution in [3.05, 3.63) is 11.8 Å². The average Bonchev–Trinajstić information content (AvgIpc) is 2.37. The van der Waals surface area contributed by atoms with Gasteiger partial charge in [-0.2, -0.15) is 28.7 Å². The van der Waals surface area contributed by atoms with Gasteiger partial charge in [-0.1, -0.05) is 0 Å². The summed E-state index contributed by atoms with van der Waals surface area (Å²) in [6, 6.07) is 4.22. The van der Waals surface area contributed by atoms with Crippen LogP contribution in [0.3, 0.4) is 0 Å². The molecule has 0 unspecified atom stereocenters. The van der Waals surface area contributed by atoms with Gasteiger partial charge in [0.2, 0.25) is 5.95 Å². The van der Waals surface area contributed by atoms with Crippen LogP contribution in [0.1, 0.15) is 5.69 Å². The maximum atomic E-state index is 12.7. The summed E-state index contributed by atoms with van der Waals surface area (Å²) in [6.45, 7) is -0.490. The maximum absolute atomic E-state index is 12.7. The van der Waals surface area contributed by atoms with Gasteiger partial charge in [0, 0.05) is 13.1 Å². The Bertz CT molecular complexity index is 512. The fourth-order valence-electron chi connectivity index (χ4n) is 1.24. The Hall–Kier alpha value is -2.55. The van der Waals surface area contributed by atoms with E-state index in [1.807, 2.05) is 0 Å². The molecule has 1 heterocycles. The number of anilines is 2. The predicted octanol–water partition coefficient (Wildman–Crippen LogP) is 1.39. The van der Waals surface area contributed by atoms with Gasteiger partial charge in [-0.3, -0.25) is 0 Å². The fraction of sp³-hybridized carbons (Fsp3) is 0.400. The number of rotatable bonds is 4. The molecule has 0 aromatic carbocycles. The first kappa shape index (κ1) is 14.5. The number of aromatic nitrogens is 2. The molecule has 0 spiro atoms. The van der Waals surface area contributed by atoms with Crippen molar-refractivity contribution in [2.75, 3.05) is 30.4 Å². The van der Waals surface area contributed by atoms with Gasteiger partial charge in [0.25, 0.3) is 0 Å². The number of halogens is 3. The molecule has 0 radical (unpaired) electrons. The van der Waals surface area contributed by atoms with Crippen molar-refractivity contribution in [3.8, 4) is 12.1 Å². The number of nitriles is 2. The van der Waals surface area contributed by atoms with Crippen molar-refractivity contribution in [3.63, 3.8) is 0 Å². The lowest BCUT2D eigenvalue weighted by atomic mass is 10.3. The number of hydrogen-bond donors (Lipinski definition) is 1. The van der Waals surface area contributed by atoms with Gasteiger partial charge in [0.15, 0.2) is 5.69 Å². The lowest BCUT2D eigenvalue weighted by Crippen LogP contribution is -2.26. The summed E-state index contributed by atoms with van der Waals surface area (Å²) in [6.07, 6.45) is -4.63. The Kier molecular flexibility index (Phi) is 4.48. The highest BCUT2D eigenvalue weighted by Gasteiger charge is 2.34. The summed E-state index contributed by atoms with van der Waals surface area (Å²) >= 11 is 0. The van der Waals surface area contributed by atoms with E-state index in [9.17, 15) is 13.2 Å². The number of nitrogens with zero attached hydrogens (tertiary/aromatic N) is 5. The van der Waals surface area contributed by atoms with Gasteiger partial charge in [-0.05, 0) is 0 Å². The number of nitrogens with one attached hydrogen (secondary N) is 1. The monoisotopic (exact) mass is 270 g/mol. The fourth-order valence-corrected chi connectivity index (χ4v) is 1.24. The largest absolute Gasteiger partial charge is 0.433 e. The second kappa shape index (κ2) is 5.87. The van der Waals surface area contributed by atoms with Gasteiger partial charge in [-0.15, -0.1) is 0 Å². The normalized spacial score (nSPS) is 10.4. The molecule has 0 fully saturated rings. The molecule has 0 aliphatic heterocycles. The van der Waals surface area contributed by atoms with E-state index in [1.54, 1.807) is 12.1 Å². The lowest BCUT2D eigenvalue weighted by Gasteiger charge is -2.18. The predicted molar refractivity (Wildman–Crippen MR) is 60.0 cm³/mol. The minimum atomic E-state index is -4.63. The lowest BCUT2D eigenvalue weighted by molar-refractivity contribution is -0.141. The molecular weight excluding hydrogens is 261 g/mol. The van der Waals surface area contributed by atoms with Crippen LogP contribution in [0.25, 0.3) is 0 Å². The van der Waals surface area contributed by atoms with E-state index in [-0.39, 0.29) is 24.9 Å². The van der Waals surface area contributed by atoms with Gasteiger partial charge in [-0.25, -0.2) is 4.98 Å². The zero-order chi connectivity index (χ0) is 14.5. The zero-order valence-electron chi connectivity index (χ0n) is 9.86. The first-order chi connectivity index (χ1) is 8.92.